The maximum atomic E-state index is 13.5. The molecule has 3 heterocycles. The van der Waals surface area contributed by atoms with Crippen LogP contribution in [0.15, 0.2) is 42.7 Å². The van der Waals surface area contributed by atoms with E-state index in [1.54, 1.807) is 24.5 Å². The van der Waals surface area contributed by atoms with Gasteiger partial charge in [-0.1, -0.05) is 0 Å². The van der Waals surface area contributed by atoms with E-state index in [0.717, 1.165) is 11.6 Å². The number of hydrogen-bond donors (Lipinski definition) is 0. The normalized spacial score (nSPS) is 22.4. The molecule has 0 N–H and O–H groups in total. The van der Waals surface area contributed by atoms with E-state index in [-0.39, 0.29) is 29.2 Å². The van der Waals surface area contributed by atoms with Gasteiger partial charge in [0.2, 0.25) is 5.91 Å². The standard InChI is InChI=1S/C25H27F3N4O2/c1-2-34-17-24-7-10-31(21-4-3-19(13-29)22(12-21)25(26,27)28)14-20(24)15-32(16-24)23(33)11-18-5-8-30-9-6-18/h3-6,8-9,12,20H,2,7,10-11,14-17H2,1H3/t20-,24+/m1/s1. The molecule has 0 bridgehead atoms. The summed E-state index contributed by atoms with van der Waals surface area (Å²) in [5, 5.41) is 9.09. The van der Waals surface area contributed by atoms with Gasteiger partial charge in [0.05, 0.1) is 30.2 Å². The molecule has 34 heavy (non-hydrogen) atoms. The van der Waals surface area contributed by atoms with Crippen molar-refractivity contribution in [1.29, 1.82) is 5.26 Å². The quantitative estimate of drug-likeness (QED) is 0.638. The van der Waals surface area contributed by atoms with Crippen LogP contribution in [0.5, 0.6) is 0 Å². The maximum absolute atomic E-state index is 13.5. The van der Waals surface area contributed by atoms with E-state index in [1.165, 1.54) is 6.07 Å². The van der Waals surface area contributed by atoms with Gasteiger partial charge in [-0.2, -0.15) is 18.4 Å². The van der Waals surface area contributed by atoms with Gasteiger partial charge in [0.1, 0.15) is 0 Å². The Morgan fingerprint density at radius 1 is 1.26 bits per heavy atom. The highest BCUT2D eigenvalue weighted by Crippen LogP contribution is 2.45. The summed E-state index contributed by atoms with van der Waals surface area (Å²) in [5.74, 6) is 0.0972. The number of halogens is 3. The molecule has 0 saturated carbocycles. The molecule has 2 atom stereocenters. The molecule has 0 unspecified atom stereocenters. The van der Waals surface area contributed by atoms with Crippen LogP contribution in [0, 0.1) is 22.7 Å². The van der Waals surface area contributed by atoms with E-state index in [9.17, 15) is 18.0 Å². The van der Waals surface area contributed by atoms with Crippen molar-refractivity contribution in [2.45, 2.75) is 25.9 Å². The fourth-order valence-electron chi connectivity index (χ4n) is 5.10. The minimum atomic E-state index is -4.60. The number of nitrogens with zero attached hydrogens (tertiary/aromatic N) is 4. The number of anilines is 1. The molecule has 1 aromatic carbocycles. The Bertz CT molecular complexity index is 1070. The van der Waals surface area contributed by atoms with Gasteiger partial charge in [-0.3, -0.25) is 9.78 Å². The SMILES string of the molecule is CCOC[C@@]12CCN(c3ccc(C#N)c(C(F)(F)F)c3)C[C@@H]1CN(C(=O)Cc1ccncc1)C2. The van der Waals surface area contributed by atoms with Gasteiger partial charge in [-0.05, 0) is 49.2 Å². The smallest absolute Gasteiger partial charge is 0.381 e. The van der Waals surface area contributed by atoms with Gasteiger partial charge in [0.15, 0.2) is 0 Å². The van der Waals surface area contributed by atoms with Gasteiger partial charge < -0.3 is 14.5 Å². The van der Waals surface area contributed by atoms with Crippen LogP contribution in [0.3, 0.4) is 0 Å². The van der Waals surface area contributed by atoms with E-state index in [4.69, 9.17) is 10.00 Å². The summed E-state index contributed by atoms with van der Waals surface area (Å²) in [5.41, 5.74) is -0.183. The lowest BCUT2D eigenvalue weighted by molar-refractivity contribution is -0.137. The van der Waals surface area contributed by atoms with Crippen molar-refractivity contribution in [1.82, 2.24) is 9.88 Å². The van der Waals surface area contributed by atoms with Gasteiger partial charge in [-0.25, -0.2) is 0 Å². The molecule has 180 valence electrons. The molecule has 1 aromatic heterocycles. The summed E-state index contributed by atoms with van der Waals surface area (Å²) >= 11 is 0. The summed E-state index contributed by atoms with van der Waals surface area (Å²) in [7, 11) is 0. The average molecular weight is 473 g/mol. The Kier molecular flexibility index (Phi) is 6.80. The fraction of sp³-hybridized carbons (Fsp3) is 0.480. The van der Waals surface area contributed by atoms with Crippen molar-refractivity contribution in [2.24, 2.45) is 11.3 Å². The number of benzene rings is 1. The molecule has 9 heteroatoms. The number of rotatable bonds is 6. The minimum absolute atomic E-state index is 0.0285. The first-order valence-corrected chi connectivity index (χ1v) is 11.4. The second-order valence-corrected chi connectivity index (χ2v) is 9.04. The Morgan fingerprint density at radius 2 is 2.03 bits per heavy atom. The van der Waals surface area contributed by atoms with Crippen LogP contribution in [-0.4, -0.2) is 55.2 Å². The van der Waals surface area contributed by atoms with E-state index in [2.05, 4.69) is 4.98 Å². The number of likely N-dealkylation sites (tertiary alicyclic amines) is 1. The Morgan fingerprint density at radius 3 is 2.71 bits per heavy atom. The number of carbonyl (C=O) groups excluding carboxylic acids is 1. The van der Waals surface area contributed by atoms with Crippen molar-refractivity contribution in [3.05, 3.63) is 59.4 Å². The lowest BCUT2D eigenvalue weighted by Crippen LogP contribution is -2.49. The molecule has 0 aliphatic carbocycles. The molecule has 2 aromatic rings. The summed E-state index contributed by atoms with van der Waals surface area (Å²) in [4.78, 5) is 20.8. The molecule has 6 nitrogen and oxygen atoms in total. The molecule has 0 spiro atoms. The van der Waals surface area contributed by atoms with Crippen LogP contribution in [0.1, 0.15) is 30.0 Å². The third kappa shape index (κ3) is 4.87. The molecule has 0 radical (unpaired) electrons. The van der Waals surface area contributed by atoms with Crippen molar-refractivity contribution >= 4 is 11.6 Å². The number of amides is 1. The predicted molar refractivity (Wildman–Crippen MR) is 120 cm³/mol. The number of nitriles is 1. The Labute approximate surface area is 196 Å². The number of fused-ring (bicyclic) bond motifs is 1. The van der Waals surface area contributed by atoms with Gasteiger partial charge in [-0.15, -0.1) is 0 Å². The monoisotopic (exact) mass is 472 g/mol. The summed E-state index contributed by atoms with van der Waals surface area (Å²) in [6.45, 7) is 5.20. The highest BCUT2D eigenvalue weighted by molar-refractivity contribution is 5.79. The highest BCUT2D eigenvalue weighted by Gasteiger charge is 2.51. The molecule has 4 rings (SSSR count). The molecule has 2 saturated heterocycles. The molecular formula is C25H27F3N4O2. The summed E-state index contributed by atoms with van der Waals surface area (Å²) < 4.78 is 46.3. The zero-order chi connectivity index (χ0) is 24.3. The zero-order valence-corrected chi connectivity index (χ0v) is 19.0. The van der Waals surface area contributed by atoms with Crippen molar-refractivity contribution in [2.75, 3.05) is 44.3 Å². The largest absolute Gasteiger partial charge is 0.417 e. The second-order valence-electron chi connectivity index (χ2n) is 9.04. The van der Waals surface area contributed by atoms with Gasteiger partial charge in [0.25, 0.3) is 0 Å². The first-order valence-electron chi connectivity index (χ1n) is 11.4. The number of piperidine rings is 1. The molecule has 2 aliphatic heterocycles. The topological polar surface area (TPSA) is 69.5 Å². The Hall–Kier alpha value is -3.12. The third-order valence-electron chi connectivity index (χ3n) is 6.98. The van der Waals surface area contributed by atoms with Crippen LogP contribution in [-0.2, 0) is 22.1 Å². The molecular weight excluding hydrogens is 445 g/mol. The average Bonchev–Trinajstić information content (AvgIpc) is 3.21. The van der Waals surface area contributed by atoms with Gasteiger partial charge >= 0.3 is 6.18 Å². The van der Waals surface area contributed by atoms with Crippen molar-refractivity contribution in [3.63, 3.8) is 0 Å². The second kappa shape index (κ2) is 9.63. The third-order valence-corrected chi connectivity index (χ3v) is 6.98. The molecule has 2 fully saturated rings. The molecule has 1 amide bonds. The van der Waals surface area contributed by atoms with Crippen LogP contribution in [0.2, 0.25) is 0 Å². The zero-order valence-electron chi connectivity index (χ0n) is 19.0. The summed E-state index contributed by atoms with van der Waals surface area (Å²) in [6, 6.07) is 9.15. The maximum Gasteiger partial charge on any atom is 0.417 e. The number of aromatic nitrogens is 1. The number of ether oxygens (including phenoxy) is 1. The van der Waals surface area contributed by atoms with Gasteiger partial charge in [0, 0.05) is 62.2 Å². The van der Waals surface area contributed by atoms with Crippen LogP contribution in [0.25, 0.3) is 0 Å². The number of pyridine rings is 1. The number of hydrogen-bond acceptors (Lipinski definition) is 5. The summed E-state index contributed by atoms with van der Waals surface area (Å²) in [6.07, 6.45) is -0.285. The lowest BCUT2D eigenvalue weighted by atomic mass is 9.73. The van der Waals surface area contributed by atoms with Crippen LogP contribution >= 0.6 is 0 Å². The van der Waals surface area contributed by atoms with E-state index in [0.29, 0.717) is 51.5 Å². The minimum Gasteiger partial charge on any atom is -0.381 e. The van der Waals surface area contributed by atoms with Crippen LogP contribution < -0.4 is 4.90 Å². The predicted octanol–water partition coefficient (Wildman–Crippen LogP) is 3.91. The Balaban J connectivity index is 1.54. The first-order chi connectivity index (χ1) is 16.3. The van der Waals surface area contributed by atoms with E-state index < -0.39 is 11.7 Å². The molecule has 2 aliphatic rings. The number of alkyl halides is 3. The fourth-order valence-corrected chi connectivity index (χ4v) is 5.10. The van der Waals surface area contributed by atoms with Crippen molar-refractivity contribution < 1.29 is 22.7 Å². The van der Waals surface area contributed by atoms with E-state index in [1.807, 2.05) is 28.9 Å². The lowest BCUT2D eigenvalue weighted by Gasteiger charge is -2.44. The number of carbonyl (C=O) groups is 1. The first kappa shape index (κ1) is 24.0. The van der Waals surface area contributed by atoms with Crippen molar-refractivity contribution in [3.8, 4) is 6.07 Å². The van der Waals surface area contributed by atoms with E-state index >= 15 is 0 Å². The van der Waals surface area contributed by atoms with Crippen LogP contribution in [0.4, 0.5) is 18.9 Å². The highest BCUT2D eigenvalue weighted by atomic mass is 19.4.